The average molecular weight is 402 g/mol. The lowest BCUT2D eigenvalue weighted by Crippen LogP contribution is -2.34. The quantitative estimate of drug-likeness (QED) is 0.724. The molecule has 1 fully saturated rings. The van der Waals surface area contributed by atoms with Gasteiger partial charge < -0.3 is 16.0 Å². The Balaban J connectivity index is 1.88. The van der Waals surface area contributed by atoms with Crippen LogP contribution in [0.4, 0.5) is 17.1 Å². The van der Waals surface area contributed by atoms with E-state index in [4.69, 9.17) is 5.73 Å². The lowest BCUT2D eigenvalue weighted by molar-refractivity contribution is 0.102. The van der Waals surface area contributed by atoms with Crippen LogP contribution in [-0.4, -0.2) is 19.0 Å². The molecule has 132 valence electrons. The molecule has 2 aromatic carbocycles. The predicted octanol–water partition coefficient (Wildman–Crippen LogP) is 4.83. The molecule has 1 heterocycles. The fourth-order valence-corrected chi connectivity index (χ4v) is 3.88. The second-order valence-electron chi connectivity index (χ2n) is 6.85. The molecule has 3 rings (SSSR count). The van der Waals surface area contributed by atoms with E-state index in [1.54, 1.807) is 6.07 Å². The van der Waals surface area contributed by atoms with Crippen molar-refractivity contribution >= 4 is 38.9 Å². The number of hydrogen-bond donors (Lipinski definition) is 2. The topological polar surface area (TPSA) is 58.4 Å². The van der Waals surface area contributed by atoms with Crippen LogP contribution in [0.1, 0.15) is 35.7 Å². The SMILES string of the molecule is Cc1cc(N)c(NC(=O)c2ccccc2Br)cc1N1CCC[C@@H](C)C1. The van der Waals surface area contributed by atoms with Crippen molar-refractivity contribution in [2.75, 3.05) is 29.0 Å². The van der Waals surface area contributed by atoms with Crippen molar-refractivity contribution in [3.63, 3.8) is 0 Å². The Morgan fingerprint density at radius 2 is 2.08 bits per heavy atom. The number of anilines is 3. The average Bonchev–Trinajstić information content (AvgIpc) is 2.57. The van der Waals surface area contributed by atoms with Crippen LogP contribution in [0.5, 0.6) is 0 Å². The fourth-order valence-electron chi connectivity index (χ4n) is 3.41. The zero-order chi connectivity index (χ0) is 18.0. The Hall–Kier alpha value is -2.01. The van der Waals surface area contributed by atoms with Crippen LogP contribution < -0.4 is 16.0 Å². The van der Waals surface area contributed by atoms with Gasteiger partial charge in [0, 0.05) is 23.2 Å². The number of nitrogen functional groups attached to an aromatic ring is 1. The number of carbonyl (C=O) groups excluding carboxylic acids is 1. The maximum Gasteiger partial charge on any atom is 0.256 e. The minimum Gasteiger partial charge on any atom is -0.397 e. The summed E-state index contributed by atoms with van der Waals surface area (Å²) in [6.45, 7) is 6.45. The van der Waals surface area contributed by atoms with Crippen molar-refractivity contribution in [3.8, 4) is 0 Å². The number of aryl methyl sites for hydroxylation is 1. The van der Waals surface area contributed by atoms with Gasteiger partial charge in [-0.1, -0.05) is 19.1 Å². The van der Waals surface area contributed by atoms with E-state index in [0.717, 1.165) is 28.8 Å². The second kappa shape index (κ2) is 7.48. The molecule has 5 heteroatoms. The van der Waals surface area contributed by atoms with E-state index < -0.39 is 0 Å². The van der Waals surface area contributed by atoms with Crippen molar-refractivity contribution in [1.82, 2.24) is 0 Å². The summed E-state index contributed by atoms with van der Waals surface area (Å²) in [6.07, 6.45) is 2.47. The zero-order valence-corrected chi connectivity index (χ0v) is 16.3. The largest absolute Gasteiger partial charge is 0.397 e. The highest BCUT2D eigenvalue weighted by atomic mass is 79.9. The summed E-state index contributed by atoms with van der Waals surface area (Å²) in [7, 11) is 0. The maximum absolute atomic E-state index is 12.6. The number of hydrogen-bond acceptors (Lipinski definition) is 3. The minimum absolute atomic E-state index is 0.166. The van der Waals surface area contributed by atoms with Crippen LogP contribution in [0.3, 0.4) is 0 Å². The van der Waals surface area contributed by atoms with Crippen LogP contribution in [0, 0.1) is 12.8 Å². The standard InChI is InChI=1S/C20H24BrN3O/c1-13-6-5-9-24(12-13)19-11-18(17(22)10-14(19)2)23-20(25)15-7-3-4-8-16(15)21/h3-4,7-8,10-11,13H,5-6,9,12,22H2,1-2H3,(H,23,25)/t13-/m1/s1. The summed E-state index contributed by atoms with van der Waals surface area (Å²) in [5.74, 6) is 0.519. The fraction of sp³-hybridized carbons (Fsp3) is 0.350. The molecule has 0 spiro atoms. The minimum atomic E-state index is -0.166. The molecule has 1 saturated heterocycles. The van der Waals surface area contributed by atoms with Gasteiger partial charge in [-0.25, -0.2) is 0 Å². The van der Waals surface area contributed by atoms with E-state index >= 15 is 0 Å². The van der Waals surface area contributed by atoms with E-state index in [9.17, 15) is 4.79 Å². The number of piperidine rings is 1. The lowest BCUT2D eigenvalue weighted by Gasteiger charge is -2.34. The first-order valence-corrected chi connectivity index (χ1v) is 9.46. The van der Waals surface area contributed by atoms with Crippen LogP contribution in [-0.2, 0) is 0 Å². The van der Waals surface area contributed by atoms with E-state index in [-0.39, 0.29) is 5.91 Å². The zero-order valence-electron chi connectivity index (χ0n) is 14.7. The summed E-state index contributed by atoms with van der Waals surface area (Å²) < 4.78 is 0.767. The summed E-state index contributed by atoms with van der Waals surface area (Å²) in [5.41, 5.74) is 10.3. The van der Waals surface area contributed by atoms with Crippen molar-refractivity contribution in [1.29, 1.82) is 0 Å². The number of nitrogens with zero attached hydrogens (tertiary/aromatic N) is 1. The van der Waals surface area contributed by atoms with Crippen LogP contribution in [0.15, 0.2) is 40.9 Å². The Morgan fingerprint density at radius 3 is 2.80 bits per heavy atom. The summed E-state index contributed by atoms with van der Waals surface area (Å²) >= 11 is 3.42. The van der Waals surface area contributed by atoms with E-state index in [0.29, 0.717) is 22.9 Å². The number of rotatable bonds is 3. The number of carbonyl (C=O) groups is 1. The Bertz CT molecular complexity index is 791. The lowest BCUT2D eigenvalue weighted by atomic mass is 9.98. The van der Waals surface area contributed by atoms with Crippen molar-refractivity contribution in [3.05, 3.63) is 52.0 Å². The molecule has 2 aromatic rings. The third-order valence-electron chi connectivity index (χ3n) is 4.73. The van der Waals surface area contributed by atoms with Gasteiger partial charge in [-0.15, -0.1) is 0 Å². The molecule has 1 amide bonds. The number of benzene rings is 2. The van der Waals surface area contributed by atoms with Gasteiger partial charge in [-0.3, -0.25) is 4.79 Å². The molecular formula is C20H24BrN3O. The van der Waals surface area contributed by atoms with E-state index in [1.807, 2.05) is 30.3 Å². The monoisotopic (exact) mass is 401 g/mol. The first-order valence-electron chi connectivity index (χ1n) is 8.66. The van der Waals surface area contributed by atoms with Gasteiger partial charge >= 0.3 is 0 Å². The van der Waals surface area contributed by atoms with Gasteiger partial charge in [0.25, 0.3) is 5.91 Å². The second-order valence-corrected chi connectivity index (χ2v) is 7.71. The summed E-state index contributed by atoms with van der Waals surface area (Å²) in [6, 6.07) is 11.3. The molecular weight excluding hydrogens is 378 g/mol. The van der Waals surface area contributed by atoms with Gasteiger partial charge in [-0.05, 0) is 71.4 Å². The molecule has 0 unspecified atom stereocenters. The molecule has 1 atom stereocenters. The van der Waals surface area contributed by atoms with Crippen LogP contribution >= 0.6 is 15.9 Å². The Morgan fingerprint density at radius 1 is 1.32 bits per heavy atom. The predicted molar refractivity (Wildman–Crippen MR) is 108 cm³/mol. The van der Waals surface area contributed by atoms with Gasteiger partial charge in [-0.2, -0.15) is 0 Å². The summed E-state index contributed by atoms with van der Waals surface area (Å²) in [5, 5.41) is 2.96. The van der Waals surface area contributed by atoms with Crippen LogP contribution in [0.2, 0.25) is 0 Å². The van der Waals surface area contributed by atoms with Crippen LogP contribution in [0.25, 0.3) is 0 Å². The third-order valence-corrected chi connectivity index (χ3v) is 5.42. The van der Waals surface area contributed by atoms with E-state index in [1.165, 1.54) is 12.8 Å². The van der Waals surface area contributed by atoms with Crippen molar-refractivity contribution in [2.45, 2.75) is 26.7 Å². The highest BCUT2D eigenvalue weighted by Crippen LogP contribution is 2.33. The normalized spacial score (nSPS) is 17.4. The molecule has 1 aliphatic rings. The van der Waals surface area contributed by atoms with Gasteiger partial charge in [0.1, 0.15) is 0 Å². The smallest absolute Gasteiger partial charge is 0.256 e. The molecule has 0 aliphatic carbocycles. The molecule has 0 radical (unpaired) electrons. The summed E-state index contributed by atoms with van der Waals surface area (Å²) in [4.78, 5) is 15.0. The molecule has 25 heavy (non-hydrogen) atoms. The molecule has 1 aliphatic heterocycles. The highest BCUT2D eigenvalue weighted by Gasteiger charge is 2.20. The first-order chi connectivity index (χ1) is 12.0. The number of amides is 1. The Labute approximate surface area is 157 Å². The molecule has 0 aromatic heterocycles. The van der Waals surface area contributed by atoms with Gasteiger partial charge in [0.05, 0.1) is 16.9 Å². The first kappa shape index (κ1) is 17.8. The third kappa shape index (κ3) is 3.98. The molecule has 0 saturated carbocycles. The highest BCUT2D eigenvalue weighted by molar-refractivity contribution is 9.10. The Kier molecular flexibility index (Phi) is 5.33. The number of halogens is 1. The van der Waals surface area contributed by atoms with Gasteiger partial charge in [0.2, 0.25) is 0 Å². The molecule has 3 N–H and O–H groups in total. The van der Waals surface area contributed by atoms with Gasteiger partial charge in [0.15, 0.2) is 0 Å². The van der Waals surface area contributed by atoms with E-state index in [2.05, 4.69) is 40.0 Å². The molecule has 4 nitrogen and oxygen atoms in total. The van der Waals surface area contributed by atoms with Crippen molar-refractivity contribution in [2.24, 2.45) is 5.92 Å². The number of nitrogens with two attached hydrogens (primary N) is 1. The number of nitrogens with one attached hydrogen (secondary N) is 1. The maximum atomic E-state index is 12.6. The van der Waals surface area contributed by atoms with Crippen molar-refractivity contribution < 1.29 is 4.79 Å². The molecule has 0 bridgehead atoms.